The van der Waals surface area contributed by atoms with Gasteiger partial charge in [-0.1, -0.05) is 18.2 Å². The Hall–Kier alpha value is -1.75. The molecule has 1 aromatic heterocycles. The number of fused-ring (bicyclic) bond motifs is 1. The van der Waals surface area contributed by atoms with Crippen LogP contribution in [-0.4, -0.2) is 4.98 Å². The Balaban J connectivity index is 2.57. The lowest BCUT2D eigenvalue weighted by molar-refractivity contribution is 1.17. The summed E-state index contributed by atoms with van der Waals surface area (Å²) in [7, 11) is 0. The maximum Gasteiger partial charge on any atom is 0.118 e. The van der Waals surface area contributed by atoms with Crippen LogP contribution in [0.25, 0.3) is 10.9 Å². The van der Waals surface area contributed by atoms with Crippen molar-refractivity contribution in [2.24, 2.45) is 0 Å². The molecule has 2 rings (SSSR count). The van der Waals surface area contributed by atoms with Crippen molar-refractivity contribution in [2.45, 2.75) is 6.92 Å². The van der Waals surface area contributed by atoms with Crippen molar-refractivity contribution < 1.29 is 0 Å². The van der Waals surface area contributed by atoms with Crippen molar-refractivity contribution >= 4 is 10.9 Å². The van der Waals surface area contributed by atoms with Crippen LogP contribution in [0.15, 0.2) is 30.3 Å². The zero-order valence-corrected chi connectivity index (χ0v) is 7.33. The maximum atomic E-state index is 8.71. The van der Waals surface area contributed by atoms with Crippen LogP contribution in [0, 0.1) is 17.2 Å². The van der Waals surface area contributed by atoms with Crippen molar-refractivity contribution in [1.29, 1.82) is 5.26 Å². The Morgan fingerprint density at radius 2 is 2.15 bits per heavy atom. The standard InChI is InChI=1S/C11H9N2/c1-8(7-12)11-6-9-4-2-3-5-10(9)13-11/h2-6,13H,1H3. The molecule has 0 aliphatic heterocycles. The fraction of sp³-hybridized carbons (Fsp3) is 0.0909. The Kier molecular flexibility index (Phi) is 1.79. The van der Waals surface area contributed by atoms with Crippen molar-refractivity contribution in [1.82, 2.24) is 4.98 Å². The lowest BCUT2D eigenvalue weighted by Gasteiger charge is -1.93. The van der Waals surface area contributed by atoms with E-state index in [1.165, 1.54) is 0 Å². The van der Waals surface area contributed by atoms with E-state index in [0.717, 1.165) is 22.5 Å². The molecule has 13 heavy (non-hydrogen) atoms. The molecule has 1 aromatic carbocycles. The van der Waals surface area contributed by atoms with Crippen molar-refractivity contribution in [3.8, 4) is 6.07 Å². The lowest BCUT2D eigenvalue weighted by Crippen LogP contribution is -1.88. The van der Waals surface area contributed by atoms with Gasteiger partial charge in [0.1, 0.15) is 5.92 Å². The topological polar surface area (TPSA) is 39.6 Å². The molecule has 2 heteroatoms. The fourth-order valence-electron chi connectivity index (χ4n) is 1.34. The van der Waals surface area contributed by atoms with E-state index in [9.17, 15) is 0 Å². The molecule has 2 nitrogen and oxygen atoms in total. The molecule has 0 bridgehead atoms. The highest BCUT2D eigenvalue weighted by Crippen LogP contribution is 2.19. The number of benzene rings is 1. The monoisotopic (exact) mass is 169 g/mol. The van der Waals surface area contributed by atoms with Crippen LogP contribution in [-0.2, 0) is 0 Å². The summed E-state index contributed by atoms with van der Waals surface area (Å²) in [5.74, 6) is 0.719. The van der Waals surface area contributed by atoms with Gasteiger partial charge < -0.3 is 4.98 Å². The van der Waals surface area contributed by atoms with Gasteiger partial charge in [0.05, 0.1) is 6.07 Å². The molecule has 0 aliphatic carbocycles. The lowest BCUT2D eigenvalue weighted by atomic mass is 10.1. The third-order valence-corrected chi connectivity index (χ3v) is 2.10. The summed E-state index contributed by atoms with van der Waals surface area (Å²) in [6, 6.07) is 12.1. The number of aromatic amines is 1. The first-order chi connectivity index (χ1) is 6.31. The molecule has 0 spiro atoms. The molecule has 1 heterocycles. The van der Waals surface area contributed by atoms with Crippen molar-refractivity contribution in [2.75, 3.05) is 0 Å². The first-order valence-electron chi connectivity index (χ1n) is 4.13. The van der Waals surface area contributed by atoms with Gasteiger partial charge in [-0.3, -0.25) is 0 Å². The first-order valence-corrected chi connectivity index (χ1v) is 4.13. The van der Waals surface area contributed by atoms with E-state index >= 15 is 0 Å². The van der Waals surface area contributed by atoms with Crippen molar-refractivity contribution in [3.63, 3.8) is 0 Å². The minimum absolute atomic E-state index is 0.719. The molecule has 0 atom stereocenters. The summed E-state index contributed by atoms with van der Waals surface area (Å²) in [6.45, 7) is 1.81. The second kappa shape index (κ2) is 2.95. The van der Waals surface area contributed by atoms with E-state index in [1.54, 1.807) is 0 Å². The van der Waals surface area contributed by atoms with E-state index < -0.39 is 0 Å². The molecule has 0 unspecified atom stereocenters. The van der Waals surface area contributed by atoms with Crippen LogP contribution >= 0.6 is 0 Å². The third-order valence-electron chi connectivity index (χ3n) is 2.10. The number of para-hydroxylation sites is 1. The number of H-pyrrole nitrogens is 1. The summed E-state index contributed by atoms with van der Waals surface area (Å²) < 4.78 is 0. The largest absolute Gasteiger partial charge is 0.357 e. The van der Waals surface area contributed by atoms with Gasteiger partial charge in [0, 0.05) is 11.2 Å². The van der Waals surface area contributed by atoms with Gasteiger partial charge in [0.25, 0.3) is 0 Å². The zero-order valence-electron chi connectivity index (χ0n) is 7.33. The predicted octanol–water partition coefficient (Wildman–Crippen LogP) is 2.63. The van der Waals surface area contributed by atoms with Crippen molar-refractivity contribution in [3.05, 3.63) is 41.9 Å². The summed E-state index contributed by atoms with van der Waals surface area (Å²) in [5.41, 5.74) is 1.98. The maximum absolute atomic E-state index is 8.71. The van der Waals surface area contributed by atoms with Crippen LogP contribution in [0.1, 0.15) is 12.6 Å². The van der Waals surface area contributed by atoms with E-state index in [-0.39, 0.29) is 0 Å². The molecular formula is C11H9N2. The SMILES string of the molecule is C[C](C#N)c1cc2ccccc2[nH]1. The van der Waals surface area contributed by atoms with E-state index in [4.69, 9.17) is 5.26 Å². The number of nitriles is 1. The quantitative estimate of drug-likeness (QED) is 0.700. The summed E-state index contributed by atoms with van der Waals surface area (Å²) in [4.78, 5) is 3.19. The van der Waals surface area contributed by atoms with Gasteiger partial charge in [-0.05, 0) is 24.4 Å². The Morgan fingerprint density at radius 3 is 2.85 bits per heavy atom. The summed E-state index contributed by atoms with van der Waals surface area (Å²) in [5, 5.41) is 9.85. The van der Waals surface area contributed by atoms with E-state index in [0.29, 0.717) is 0 Å². The van der Waals surface area contributed by atoms with E-state index in [1.807, 2.05) is 37.3 Å². The Morgan fingerprint density at radius 1 is 1.38 bits per heavy atom. The fourth-order valence-corrected chi connectivity index (χ4v) is 1.34. The molecule has 1 radical (unpaired) electrons. The van der Waals surface area contributed by atoms with Crippen LogP contribution in [0.4, 0.5) is 0 Å². The number of rotatable bonds is 1. The van der Waals surface area contributed by atoms with Gasteiger partial charge in [-0.15, -0.1) is 0 Å². The molecule has 2 aromatic rings. The second-order valence-electron chi connectivity index (χ2n) is 3.01. The second-order valence-corrected chi connectivity index (χ2v) is 3.01. The van der Waals surface area contributed by atoms with Gasteiger partial charge in [0.15, 0.2) is 0 Å². The third kappa shape index (κ3) is 1.29. The predicted molar refractivity (Wildman–Crippen MR) is 51.9 cm³/mol. The number of hydrogen-bond donors (Lipinski definition) is 1. The summed E-state index contributed by atoms with van der Waals surface area (Å²) >= 11 is 0. The van der Waals surface area contributed by atoms with Gasteiger partial charge in [-0.2, -0.15) is 5.26 Å². The number of aromatic nitrogens is 1. The van der Waals surface area contributed by atoms with Gasteiger partial charge in [0.2, 0.25) is 0 Å². The molecule has 0 aliphatic rings. The number of hydrogen-bond acceptors (Lipinski definition) is 1. The van der Waals surface area contributed by atoms with Crippen LogP contribution in [0.5, 0.6) is 0 Å². The molecule has 63 valence electrons. The van der Waals surface area contributed by atoms with Gasteiger partial charge >= 0.3 is 0 Å². The molecule has 0 saturated heterocycles. The molecule has 0 saturated carbocycles. The molecule has 1 N–H and O–H groups in total. The normalized spacial score (nSPS) is 10.5. The summed E-state index contributed by atoms with van der Waals surface area (Å²) in [6.07, 6.45) is 0. The highest BCUT2D eigenvalue weighted by atomic mass is 14.7. The highest BCUT2D eigenvalue weighted by Gasteiger charge is 2.07. The van der Waals surface area contributed by atoms with E-state index in [2.05, 4.69) is 11.1 Å². The molecule has 0 fully saturated rings. The molecular weight excluding hydrogens is 160 g/mol. The number of nitrogens with one attached hydrogen (secondary N) is 1. The smallest absolute Gasteiger partial charge is 0.118 e. The van der Waals surface area contributed by atoms with Crippen LogP contribution < -0.4 is 0 Å². The van der Waals surface area contributed by atoms with Crippen LogP contribution in [0.2, 0.25) is 0 Å². The Bertz CT molecular complexity index is 429. The zero-order chi connectivity index (χ0) is 9.26. The minimum Gasteiger partial charge on any atom is -0.357 e. The average Bonchev–Trinajstić information content (AvgIpc) is 2.59. The number of nitrogens with zero attached hydrogens (tertiary/aromatic N) is 1. The Labute approximate surface area is 76.8 Å². The molecule has 0 amide bonds. The first kappa shape index (κ1) is 7.88. The van der Waals surface area contributed by atoms with Gasteiger partial charge in [-0.25, -0.2) is 0 Å². The highest BCUT2D eigenvalue weighted by molar-refractivity contribution is 5.81. The minimum atomic E-state index is 0.719. The average molecular weight is 169 g/mol. The van der Waals surface area contributed by atoms with Crippen LogP contribution in [0.3, 0.4) is 0 Å².